The first-order valence-corrected chi connectivity index (χ1v) is 11.8. The summed E-state index contributed by atoms with van der Waals surface area (Å²) < 4.78 is 2.10. The molecule has 6 rings (SSSR count). The average molecular weight is 473 g/mol. The fourth-order valence-corrected chi connectivity index (χ4v) is 5.14. The van der Waals surface area contributed by atoms with Crippen LogP contribution < -0.4 is 0 Å². The van der Waals surface area contributed by atoms with Gasteiger partial charge in [0.1, 0.15) is 16.4 Å². The number of nitrogens with zero attached hydrogens (tertiary/aromatic N) is 4. The molecular formula is C30H21ClN4. The predicted octanol–water partition coefficient (Wildman–Crippen LogP) is 6.99. The van der Waals surface area contributed by atoms with Crippen LogP contribution in [-0.4, -0.2) is 19.7 Å². The molecule has 3 heterocycles. The van der Waals surface area contributed by atoms with E-state index in [1.165, 1.54) is 0 Å². The molecule has 0 saturated heterocycles. The molecule has 0 N–H and O–H groups in total. The van der Waals surface area contributed by atoms with Crippen LogP contribution in [0.2, 0.25) is 5.15 Å². The lowest BCUT2D eigenvalue weighted by Crippen LogP contribution is -2.38. The summed E-state index contributed by atoms with van der Waals surface area (Å²) in [5.74, 6) is 0. The maximum atomic E-state index is 6.73. The number of halogens is 1. The molecule has 3 aromatic carbocycles. The van der Waals surface area contributed by atoms with E-state index in [2.05, 4.69) is 87.4 Å². The molecule has 0 bridgehead atoms. The zero-order chi connectivity index (χ0) is 23.7. The Kier molecular flexibility index (Phi) is 5.36. The number of fused-ring (bicyclic) bond motifs is 1. The van der Waals surface area contributed by atoms with E-state index < -0.39 is 5.54 Å². The first-order valence-electron chi connectivity index (χ1n) is 11.4. The van der Waals surface area contributed by atoms with Gasteiger partial charge in [0, 0.05) is 24.2 Å². The summed E-state index contributed by atoms with van der Waals surface area (Å²) in [7, 11) is 0. The van der Waals surface area contributed by atoms with E-state index >= 15 is 0 Å². The van der Waals surface area contributed by atoms with Gasteiger partial charge >= 0.3 is 0 Å². The fourth-order valence-electron chi connectivity index (χ4n) is 4.90. The van der Waals surface area contributed by atoms with Gasteiger partial charge in [-0.05, 0) is 34.9 Å². The van der Waals surface area contributed by atoms with Gasteiger partial charge in [-0.15, -0.1) is 0 Å². The maximum Gasteiger partial charge on any atom is 0.140 e. The number of pyridine rings is 2. The zero-order valence-electron chi connectivity index (χ0n) is 18.8. The summed E-state index contributed by atoms with van der Waals surface area (Å²) in [4.78, 5) is 8.59. The molecule has 0 spiro atoms. The topological polar surface area (TPSA) is 43.6 Å². The van der Waals surface area contributed by atoms with Crippen LogP contribution in [0.1, 0.15) is 16.7 Å². The molecule has 5 heteroatoms. The highest BCUT2D eigenvalue weighted by Gasteiger charge is 2.41. The maximum absolute atomic E-state index is 6.73. The third-order valence-corrected chi connectivity index (χ3v) is 6.68. The van der Waals surface area contributed by atoms with E-state index in [4.69, 9.17) is 16.7 Å². The van der Waals surface area contributed by atoms with Gasteiger partial charge in [0.15, 0.2) is 0 Å². The average Bonchev–Trinajstić information content (AvgIpc) is 3.33. The van der Waals surface area contributed by atoms with Crippen molar-refractivity contribution in [1.82, 2.24) is 19.7 Å². The second-order valence-corrected chi connectivity index (χ2v) is 8.66. The molecule has 0 atom stereocenters. The number of benzene rings is 3. The molecule has 6 aromatic rings. The van der Waals surface area contributed by atoms with Crippen LogP contribution in [0.3, 0.4) is 0 Å². The second kappa shape index (κ2) is 8.82. The number of hydrogen-bond donors (Lipinski definition) is 0. The summed E-state index contributed by atoms with van der Waals surface area (Å²) >= 11 is 6.73. The van der Waals surface area contributed by atoms with Gasteiger partial charge < -0.3 is 0 Å². The van der Waals surface area contributed by atoms with Gasteiger partial charge in [-0.25, -0.2) is 9.67 Å². The van der Waals surface area contributed by atoms with E-state index in [0.29, 0.717) is 5.15 Å². The Balaban J connectivity index is 1.81. The number of hydrogen-bond acceptors (Lipinski definition) is 3. The van der Waals surface area contributed by atoms with Crippen LogP contribution in [0.25, 0.3) is 22.2 Å². The van der Waals surface area contributed by atoms with Crippen LogP contribution >= 0.6 is 11.6 Å². The Morgan fingerprint density at radius 3 is 1.63 bits per heavy atom. The molecule has 0 radical (unpaired) electrons. The zero-order valence-corrected chi connectivity index (χ0v) is 19.5. The van der Waals surface area contributed by atoms with Crippen LogP contribution in [-0.2, 0) is 5.54 Å². The SMILES string of the molecule is Clc1nccc2c1c(-c1ccncc1)nn2C(c1ccccc1)(c1ccccc1)c1ccccc1. The first kappa shape index (κ1) is 21.3. The Hall–Kier alpha value is -4.28. The molecule has 0 aliphatic rings. The van der Waals surface area contributed by atoms with Crippen molar-refractivity contribution in [3.8, 4) is 11.3 Å². The first-order chi connectivity index (χ1) is 17.3. The molecule has 0 fully saturated rings. The highest BCUT2D eigenvalue weighted by molar-refractivity contribution is 6.35. The van der Waals surface area contributed by atoms with Crippen LogP contribution in [0.15, 0.2) is 128 Å². The Labute approximate surface area is 208 Å². The minimum atomic E-state index is -0.752. The molecular weight excluding hydrogens is 452 g/mol. The smallest absolute Gasteiger partial charge is 0.140 e. The summed E-state index contributed by atoms with van der Waals surface area (Å²) in [6.45, 7) is 0. The molecule has 4 nitrogen and oxygen atoms in total. The lowest BCUT2D eigenvalue weighted by Gasteiger charge is -2.37. The van der Waals surface area contributed by atoms with Crippen LogP contribution in [0.4, 0.5) is 0 Å². The second-order valence-electron chi connectivity index (χ2n) is 8.30. The van der Waals surface area contributed by atoms with Gasteiger partial charge in [-0.1, -0.05) is 103 Å². The molecule has 3 aromatic heterocycles. The van der Waals surface area contributed by atoms with E-state index in [9.17, 15) is 0 Å². The quantitative estimate of drug-likeness (QED) is 0.200. The molecule has 0 aliphatic heterocycles. The van der Waals surface area contributed by atoms with Crippen molar-refractivity contribution < 1.29 is 0 Å². The largest absolute Gasteiger partial charge is 0.265 e. The summed E-state index contributed by atoms with van der Waals surface area (Å²) in [6.07, 6.45) is 5.28. The van der Waals surface area contributed by atoms with E-state index in [0.717, 1.165) is 38.9 Å². The molecule has 0 unspecified atom stereocenters. The number of rotatable bonds is 5. The Morgan fingerprint density at radius 1 is 0.600 bits per heavy atom. The minimum Gasteiger partial charge on any atom is -0.265 e. The Bertz CT molecular complexity index is 1480. The summed E-state index contributed by atoms with van der Waals surface area (Å²) in [6, 6.07) is 37.3. The third-order valence-electron chi connectivity index (χ3n) is 6.39. The summed E-state index contributed by atoms with van der Waals surface area (Å²) in [5, 5.41) is 6.52. The summed E-state index contributed by atoms with van der Waals surface area (Å²) in [5.41, 5.74) is 5.13. The Morgan fingerprint density at radius 2 is 1.11 bits per heavy atom. The van der Waals surface area contributed by atoms with Crippen molar-refractivity contribution in [2.45, 2.75) is 5.54 Å². The highest BCUT2D eigenvalue weighted by atomic mass is 35.5. The molecule has 168 valence electrons. The lowest BCUT2D eigenvalue weighted by atomic mass is 9.77. The van der Waals surface area contributed by atoms with Gasteiger partial charge in [0.25, 0.3) is 0 Å². The predicted molar refractivity (Wildman–Crippen MR) is 140 cm³/mol. The fraction of sp³-hybridized carbons (Fsp3) is 0.0333. The molecule has 35 heavy (non-hydrogen) atoms. The number of aromatic nitrogens is 4. The van der Waals surface area contributed by atoms with Crippen molar-refractivity contribution in [2.75, 3.05) is 0 Å². The minimum absolute atomic E-state index is 0.420. The highest BCUT2D eigenvalue weighted by Crippen LogP contribution is 2.44. The standard InChI is InChI=1S/C30H21ClN4/c31-29-27-26(18-21-33-29)35(34-28(27)22-16-19-32-20-17-22)30(23-10-4-1-5-11-23,24-12-6-2-7-13-24)25-14-8-3-9-15-25/h1-21H. The normalized spacial score (nSPS) is 11.6. The van der Waals surface area contributed by atoms with Gasteiger partial charge in [0.05, 0.1) is 10.9 Å². The lowest BCUT2D eigenvalue weighted by molar-refractivity contribution is 0.477. The van der Waals surface area contributed by atoms with Crippen molar-refractivity contribution in [3.05, 3.63) is 150 Å². The molecule has 0 saturated carbocycles. The van der Waals surface area contributed by atoms with Crippen molar-refractivity contribution in [1.29, 1.82) is 0 Å². The van der Waals surface area contributed by atoms with Crippen LogP contribution in [0, 0.1) is 0 Å². The van der Waals surface area contributed by atoms with E-state index in [-0.39, 0.29) is 0 Å². The van der Waals surface area contributed by atoms with Crippen molar-refractivity contribution >= 4 is 22.5 Å². The van der Waals surface area contributed by atoms with Gasteiger partial charge in [-0.3, -0.25) is 4.98 Å². The molecule has 0 amide bonds. The van der Waals surface area contributed by atoms with E-state index in [1.54, 1.807) is 18.6 Å². The third kappa shape index (κ3) is 3.42. The molecule has 0 aliphatic carbocycles. The monoisotopic (exact) mass is 472 g/mol. The van der Waals surface area contributed by atoms with Crippen LogP contribution in [0.5, 0.6) is 0 Å². The van der Waals surface area contributed by atoms with Gasteiger partial charge in [-0.2, -0.15) is 5.10 Å². The van der Waals surface area contributed by atoms with Gasteiger partial charge in [0.2, 0.25) is 0 Å². The van der Waals surface area contributed by atoms with Crippen molar-refractivity contribution in [3.63, 3.8) is 0 Å². The van der Waals surface area contributed by atoms with E-state index in [1.807, 2.05) is 36.4 Å². The van der Waals surface area contributed by atoms with Crippen molar-refractivity contribution in [2.24, 2.45) is 0 Å².